The molecule has 100 valence electrons. The van der Waals surface area contributed by atoms with Crippen molar-refractivity contribution in [1.29, 1.82) is 0 Å². The van der Waals surface area contributed by atoms with Crippen molar-refractivity contribution in [3.63, 3.8) is 0 Å². The molecule has 0 aliphatic heterocycles. The van der Waals surface area contributed by atoms with Crippen LogP contribution in [0.4, 0.5) is 0 Å². The highest BCUT2D eigenvalue weighted by Crippen LogP contribution is 2.27. The first-order chi connectivity index (χ1) is 9.00. The van der Waals surface area contributed by atoms with Gasteiger partial charge in [-0.1, -0.05) is 24.3 Å². The highest BCUT2D eigenvalue weighted by atomic mass is 79.9. The Hall–Kier alpha value is -1.62. The van der Waals surface area contributed by atoms with Gasteiger partial charge >= 0.3 is 5.97 Å². The molecule has 2 aromatic rings. The molecule has 0 saturated heterocycles. The minimum absolute atomic E-state index is 0.103. The first-order valence-corrected chi connectivity index (χ1v) is 6.79. The van der Waals surface area contributed by atoms with Crippen LogP contribution in [0.2, 0.25) is 0 Å². The predicted molar refractivity (Wildman–Crippen MR) is 77.0 cm³/mol. The third-order valence-corrected chi connectivity index (χ3v) is 3.76. The molecule has 0 fully saturated rings. The van der Waals surface area contributed by atoms with Gasteiger partial charge in [-0.2, -0.15) is 0 Å². The van der Waals surface area contributed by atoms with Crippen LogP contribution in [0.3, 0.4) is 0 Å². The van der Waals surface area contributed by atoms with E-state index in [0.717, 1.165) is 27.2 Å². The number of aryl methyl sites for hydroxylation is 1. The zero-order valence-electron chi connectivity index (χ0n) is 10.9. The molecule has 19 heavy (non-hydrogen) atoms. The van der Waals surface area contributed by atoms with Crippen molar-refractivity contribution in [2.45, 2.75) is 19.8 Å². The van der Waals surface area contributed by atoms with Crippen molar-refractivity contribution < 1.29 is 9.90 Å². The smallest absolute Gasteiger partial charge is 0.303 e. The van der Waals surface area contributed by atoms with Crippen LogP contribution < -0.4 is 0 Å². The third-order valence-electron chi connectivity index (χ3n) is 3.13. The molecular weight excluding hydrogens is 308 g/mol. The minimum Gasteiger partial charge on any atom is -0.481 e. The van der Waals surface area contributed by atoms with Crippen LogP contribution in [0.25, 0.3) is 11.4 Å². The fourth-order valence-electron chi connectivity index (χ4n) is 2.06. The SMILES string of the molecule is Cc1ccccc1-c1nc(Br)c(CCC(=O)O)n1C. The Bertz CT molecular complexity index is 620. The Morgan fingerprint density at radius 2 is 2.11 bits per heavy atom. The molecular formula is C14H15BrN2O2. The Morgan fingerprint density at radius 3 is 2.74 bits per heavy atom. The fraction of sp³-hybridized carbons (Fsp3) is 0.286. The first kappa shape index (κ1) is 13.8. The molecule has 1 heterocycles. The maximum atomic E-state index is 10.7. The fourth-order valence-corrected chi connectivity index (χ4v) is 2.69. The summed E-state index contributed by atoms with van der Waals surface area (Å²) in [5.41, 5.74) is 3.11. The van der Waals surface area contributed by atoms with Crippen molar-refractivity contribution in [1.82, 2.24) is 9.55 Å². The second kappa shape index (κ2) is 5.57. The molecule has 1 aromatic heterocycles. The van der Waals surface area contributed by atoms with Crippen molar-refractivity contribution in [3.05, 3.63) is 40.1 Å². The Labute approximate surface area is 120 Å². The second-order valence-electron chi connectivity index (χ2n) is 4.44. The summed E-state index contributed by atoms with van der Waals surface area (Å²) in [6, 6.07) is 8.02. The summed E-state index contributed by atoms with van der Waals surface area (Å²) in [5, 5.41) is 8.78. The van der Waals surface area contributed by atoms with Crippen molar-refractivity contribution >= 4 is 21.9 Å². The second-order valence-corrected chi connectivity index (χ2v) is 5.19. The highest BCUT2D eigenvalue weighted by Gasteiger charge is 2.16. The van der Waals surface area contributed by atoms with Crippen LogP contribution in [0, 0.1) is 6.92 Å². The predicted octanol–water partition coefficient (Wildman–Crippen LogP) is 3.18. The van der Waals surface area contributed by atoms with Crippen molar-refractivity contribution in [2.75, 3.05) is 0 Å². The molecule has 0 radical (unpaired) electrons. The Morgan fingerprint density at radius 1 is 1.42 bits per heavy atom. The Kier molecular flexibility index (Phi) is 4.04. The molecule has 0 aliphatic carbocycles. The van der Waals surface area contributed by atoms with Gasteiger partial charge in [-0.3, -0.25) is 4.79 Å². The number of carbonyl (C=O) groups is 1. The number of halogens is 1. The minimum atomic E-state index is -0.800. The summed E-state index contributed by atoms with van der Waals surface area (Å²) in [7, 11) is 1.91. The average molecular weight is 323 g/mol. The van der Waals surface area contributed by atoms with Gasteiger partial charge in [0.2, 0.25) is 0 Å². The van der Waals surface area contributed by atoms with Crippen LogP contribution in [-0.2, 0) is 18.3 Å². The first-order valence-electron chi connectivity index (χ1n) is 5.99. The van der Waals surface area contributed by atoms with E-state index in [1.54, 1.807) is 0 Å². The number of aliphatic carboxylic acids is 1. The van der Waals surface area contributed by atoms with E-state index in [1.165, 1.54) is 0 Å². The van der Waals surface area contributed by atoms with E-state index < -0.39 is 5.97 Å². The molecule has 0 atom stereocenters. The van der Waals surface area contributed by atoms with Gasteiger partial charge in [-0.15, -0.1) is 0 Å². The molecule has 0 aliphatic rings. The lowest BCUT2D eigenvalue weighted by molar-refractivity contribution is -0.136. The molecule has 0 bridgehead atoms. The number of hydrogen-bond acceptors (Lipinski definition) is 2. The van der Waals surface area contributed by atoms with Gasteiger partial charge in [0, 0.05) is 19.0 Å². The summed E-state index contributed by atoms with van der Waals surface area (Å²) in [5.74, 6) is 0.0518. The van der Waals surface area contributed by atoms with E-state index in [4.69, 9.17) is 5.11 Å². The molecule has 1 N–H and O–H groups in total. The normalized spacial score (nSPS) is 10.7. The zero-order valence-corrected chi connectivity index (χ0v) is 12.4. The average Bonchev–Trinajstić information content (AvgIpc) is 2.63. The zero-order chi connectivity index (χ0) is 14.0. The van der Waals surface area contributed by atoms with Crippen LogP contribution in [0.15, 0.2) is 28.9 Å². The number of imidazole rings is 1. The van der Waals surface area contributed by atoms with Gasteiger partial charge in [0.1, 0.15) is 10.4 Å². The molecule has 0 amide bonds. The van der Waals surface area contributed by atoms with Crippen molar-refractivity contribution in [3.8, 4) is 11.4 Å². The van der Waals surface area contributed by atoms with Gasteiger partial charge in [-0.25, -0.2) is 4.98 Å². The molecule has 0 saturated carbocycles. The van der Waals surface area contributed by atoms with E-state index in [0.29, 0.717) is 6.42 Å². The molecule has 4 nitrogen and oxygen atoms in total. The van der Waals surface area contributed by atoms with E-state index in [1.807, 2.05) is 42.8 Å². The maximum Gasteiger partial charge on any atom is 0.303 e. The van der Waals surface area contributed by atoms with Gasteiger partial charge in [0.15, 0.2) is 0 Å². The number of hydrogen-bond donors (Lipinski definition) is 1. The number of carboxylic acid groups (broad SMARTS) is 1. The number of rotatable bonds is 4. The van der Waals surface area contributed by atoms with Crippen LogP contribution >= 0.6 is 15.9 Å². The molecule has 2 rings (SSSR count). The van der Waals surface area contributed by atoms with E-state index in [9.17, 15) is 4.79 Å². The van der Waals surface area contributed by atoms with E-state index in [2.05, 4.69) is 20.9 Å². The van der Waals surface area contributed by atoms with Gasteiger partial charge in [0.25, 0.3) is 0 Å². The lowest BCUT2D eigenvalue weighted by atomic mass is 10.1. The molecule has 0 spiro atoms. The topological polar surface area (TPSA) is 55.1 Å². The maximum absolute atomic E-state index is 10.7. The Balaban J connectivity index is 2.41. The lowest BCUT2D eigenvalue weighted by Gasteiger charge is -2.07. The number of aromatic nitrogens is 2. The van der Waals surface area contributed by atoms with Gasteiger partial charge < -0.3 is 9.67 Å². The largest absolute Gasteiger partial charge is 0.481 e. The quantitative estimate of drug-likeness (QED) is 0.940. The molecule has 1 aromatic carbocycles. The van der Waals surface area contributed by atoms with Gasteiger partial charge in [-0.05, 0) is 28.4 Å². The summed E-state index contributed by atoms with van der Waals surface area (Å²) >= 11 is 3.42. The highest BCUT2D eigenvalue weighted by molar-refractivity contribution is 9.10. The third kappa shape index (κ3) is 2.87. The molecule has 0 unspecified atom stereocenters. The van der Waals surface area contributed by atoms with Crippen LogP contribution in [-0.4, -0.2) is 20.6 Å². The van der Waals surface area contributed by atoms with E-state index >= 15 is 0 Å². The summed E-state index contributed by atoms with van der Waals surface area (Å²) < 4.78 is 2.67. The number of carboxylic acids is 1. The lowest BCUT2D eigenvalue weighted by Crippen LogP contribution is -2.03. The summed E-state index contributed by atoms with van der Waals surface area (Å²) in [6.45, 7) is 2.04. The monoisotopic (exact) mass is 322 g/mol. The standard InChI is InChI=1S/C14H15BrN2O2/c1-9-5-3-4-6-10(9)14-16-13(15)11(17(14)2)7-8-12(18)19/h3-6H,7-8H2,1-2H3,(H,18,19). The van der Waals surface area contributed by atoms with Crippen LogP contribution in [0.1, 0.15) is 17.7 Å². The number of nitrogens with zero attached hydrogens (tertiary/aromatic N) is 2. The molecule has 5 heteroatoms. The van der Waals surface area contributed by atoms with Crippen molar-refractivity contribution in [2.24, 2.45) is 7.05 Å². The van der Waals surface area contributed by atoms with E-state index in [-0.39, 0.29) is 6.42 Å². The van der Waals surface area contributed by atoms with Crippen LogP contribution in [0.5, 0.6) is 0 Å². The summed E-state index contributed by atoms with van der Waals surface area (Å²) in [6.07, 6.45) is 0.566. The summed E-state index contributed by atoms with van der Waals surface area (Å²) in [4.78, 5) is 15.2. The van der Waals surface area contributed by atoms with Gasteiger partial charge in [0.05, 0.1) is 12.1 Å². The number of benzene rings is 1.